The van der Waals surface area contributed by atoms with E-state index in [0.717, 1.165) is 6.08 Å². The van der Waals surface area contributed by atoms with Crippen LogP contribution in [0.1, 0.15) is 19.3 Å². The number of hydrogen-bond acceptors (Lipinski definition) is 1. The Hall–Kier alpha value is -0.510. The molecule has 0 radical (unpaired) electrons. The summed E-state index contributed by atoms with van der Waals surface area (Å²) < 4.78 is 35.8. The number of aliphatic hydroxyl groups is 1. The summed E-state index contributed by atoms with van der Waals surface area (Å²) in [4.78, 5) is 0. The summed E-state index contributed by atoms with van der Waals surface area (Å²) in [5.74, 6) is 0. The quantitative estimate of drug-likeness (QED) is 0.546. The molecule has 1 aliphatic rings. The predicted molar refractivity (Wildman–Crippen MR) is 34.0 cm³/mol. The van der Waals surface area contributed by atoms with Crippen LogP contribution in [0.2, 0.25) is 0 Å². The van der Waals surface area contributed by atoms with E-state index in [0.29, 0.717) is 12.8 Å². The summed E-state index contributed by atoms with van der Waals surface area (Å²) in [6.45, 7) is 0. The zero-order chi connectivity index (χ0) is 8.48. The minimum Gasteiger partial charge on any atom is -0.393 e. The molecule has 0 aromatic heterocycles. The van der Waals surface area contributed by atoms with Crippen LogP contribution in [-0.4, -0.2) is 17.4 Å². The molecule has 0 saturated heterocycles. The zero-order valence-electron chi connectivity index (χ0n) is 5.86. The van der Waals surface area contributed by atoms with E-state index in [9.17, 15) is 13.2 Å². The highest BCUT2D eigenvalue weighted by Gasteiger charge is 2.35. The number of aliphatic hydroxyl groups excluding tert-OH is 1. The minimum absolute atomic E-state index is 0.247. The van der Waals surface area contributed by atoms with Gasteiger partial charge in [-0.3, -0.25) is 0 Å². The molecule has 1 rings (SSSR count). The molecule has 4 heteroatoms. The van der Waals surface area contributed by atoms with E-state index in [1.165, 1.54) is 0 Å². The summed E-state index contributed by atoms with van der Waals surface area (Å²) >= 11 is 0. The van der Waals surface area contributed by atoms with Gasteiger partial charge >= 0.3 is 6.18 Å². The molecule has 0 amide bonds. The van der Waals surface area contributed by atoms with Crippen molar-refractivity contribution in [2.45, 2.75) is 31.5 Å². The maximum atomic E-state index is 11.9. The van der Waals surface area contributed by atoms with Gasteiger partial charge in [-0.15, -0.1) is 0 Å². The van der Waals surface area contributed by atoms with Crippen LogP contribution in [0.25, 0.3) is 0 Å². The summed E-state index contributed by atoms with van der Waals surface area (Å²) in [7, 11) is 0. The Labute approximate surface area is 62.5 Å². The molecule has 1 nitrogen and oxygen atoms in total. The SMILES string of the molecule is O[C@@H]1CCC=C(C(F)(F)F)C1. The topological polar surface area (TPSA) is 20.2 Å². The van der Waals surface area contributed by atoms with Gasteiger partial charge in [0.15, 0.2) is 0 Å². The average molecular weight is 166 g/mol. The first-order valence-electron chi connectivity index (χ1n) is 3.44. The lowest BCUT2D eigenvalue weighted by atomic mass is 9.97. The van der Waals surface area contributed by atoms with Crippen LogP contribution in [0.3, 0.4) is 0 Å². The van der Waals surface area contributed by atoms with Crippen molar-refractivity contribution in [3.05, 3.63) is 11.6 Å². The zero-order valence-corrected chi connectivity index (χ0v) is 5.86. The maximum absolute atomic E-state index is 11.9. The molecule has 0 bridgehead atoms. The first-order valence-corrected chi connectivity index (χ1v) is 3.44. The first-order chi connectivity index (χ1) is 5.00. The van der Waals surface area contributed by atoms with E-state index in [1.807, 2.05) is 0 Å². The van der Waals surface area contributed by atoms with Gasteiger partial charge in [-0.25, -0.2) is 0 Å². The highest BCUT2D eigenvalue weighted by atomic mass is 19.4. The van der Waals surface area contributed by atoms with Crippen molar-refractivity contribution in [1.82, 2.24) is 0 Å². The molecule has 0 aromatic carbocycles. The summed E-state index contributed by atoms with van der Waals surface area (Å²) in [6, 6.07) is 0. The van der Waals surface area contributed by atoms with Crippen molar-refractivity contribution < 1.29 is 18.3 Å². The molecule has 64 valence electrons. The summed E-state index contributed by atoms with van der Waals surface area (Å²) in [5, 5.41) is 8.90. The van der Waals surface area contributed by atoms with Gasteiger partial charge < -0.3 is 5.11 Å². The molecule has 0 unspecified atom stereocenters. The minimum atomic E-state index is -4.25. The number of alkyl halides is 3. The molecule has 0 heterocycles. The van der Waals surface area contributed by atoms with Crippen molar-refractivity contribution in [3.8, 4) is 0 Å². The molecule has 0 spiro atoms. The molecule has 11 heavy (non-hydrogen) atoms. The van der Waals surface area contributed by atoms with Gasteiger partial charge in [-0.2, -0.15) is 13.2 Å². The van der Waals surface area contributed by atoms with Gasteiger partial charge in [-0.05, 0) is 12.8 Å². The third-order valence-electron chi connectivity index (χ3n) is 1.71. The molecule has 0 saturated carbocycles. The van der Waals surface area contributed by atoms with E-state index in [-0.39, 0.29) is 6.42 Å². The Balaban J connectivity index is 2.65. The van der Waals surface area contributed by atoms with Gasteiger partial charge in [0, 0.05) is 12.0 Å². The fraction of sp³-hybridized carbons (Fsp3) is 0.714. The van der Waals surface area contributed by atoms with Crippen LogP contribution in [0.4, 0.5) is 13.2 Å². The predicted octanol–water partition coefficient (Wildman–Crippen LogP) is 2.02. The lowest BCUT2D eigenvalue weighted by Crippen LogP contribution is -2.21. The van der Waals surface area contributed by atoms with Gasteiger partial charge in [0.05, 0.1) is 6.10 Å². The second-order valence-electron chi connectivity index (χ2n) is 2.66. The first kappa shape index (κ1) is 8.59. The van der Waals surface area contributed by atoms with E-state index < -0.39 is 17.9 Å². The monoisotopic (exact) mass is 166 g/mol. The Bertz CT molecular complexity index is 171. The number of allylic oxidation sites excluding steroid dienone is 1. The molecule has 1 aliphatic carbocycles. The van der Waals surface area contributed by atoms with Gasteiger partial charge in [0.2, 0.25) is 0 Å². The second kappa shape index (κ2) is 2.85. The molecular formula is C7H9F3O. The van der Waals surface area contributed by atoms with E-state index >= 15 is 0 Å². The molecule has 1 atom stereocenters. The smallest absolute Gasteiger partial charge is 0.393 e. The molecule has 1 N–H and O–H groups in total. The van der Waals surface area contributed by atoms with Crippen molar-refractivity contribution >= 4 is 0 Å². The van der Waals surface area contributed by atoms with E-state index in [1.54, 1.807) is 0 Å². The molecular weight excluding hydrogens is 157 g/mol. The van der Waals surface area contributed by atoms with E-state index in [4.69, 9.17) is 5.11 Å². The van der Waals surface area contributed by atoms with Crippen LogP contribution < -0.4 is 0 Å². The average Bonchev–Trinajstić information content (AvgIpc) is 1.86. The summed E-state index contributed by atoms with van der Waals surface area (Å²) in [5.41, 5.74) is -0.587. The van der Waals surface area contributed by atoms with Gasteiger partial charge in [0.1, 0.15) is 0 Å². The van der Waals surface area contributed by atoms with E-state index in [2.05, 4.69) is 0 Å². The number of hydrogen-bond donors (Lipinski definition) is 1. The standard InChI is InChI=1S/C7H9F3O/c8-7(9,10)5-2-1-3-6(11)4-5/h2,6,11H,1,3-4H2/t6-/m1/s1. The number of halogens is 3. The Morgan fingerprint density at radius 3 is 2.45 bits per heavy atom. The normalized spacial score (nSPS) is 26.5. The van der Waals surface area contributed by atoms with Crippen LogP contribution in [0.15, 0.2) is 11.6 Å². The Morgan fingerprint density at radius 1 is 1.45 bits per heavy atom. The third kappa shape index (κ3) is 2.22. The van der Waals surface area contributed by atoms with Crippen molar-refractivity contribution in [2.24, 2.45) is 0 Å². The van der Waals surface area contributed by atoms with Gasteiger partial charge in [0.25, 0.3) is 0 Å². The second-order valence-corrected chi connectivity index (χ2v) is 2.66. The highest BCUT2D eigenvalue weighted by molar-refractivity contribution is 5.12. The Morgan fingerprint density at radius 2 is 2.09 bits per heavy atom. The third-order valence-corrected chi connectivity index (χ3v) is 1.71. The van der Waals surface area contributed by atoms with Crippen LogP contribution >= 0.6 is 0 Å². The van der Waals surface area contributed by atoms with Gasteiger partial charge in [-0.1, -0.05) is 6.08 Å². The number of rotatable bonds is 0. The van der Waals surface area contributed by atoms with Crippen molar-refractivity contribution in [1.29, 1.82) is 0 Å². The largest absolute Gasteiger partial charge is 0.412 e. The van der Waals surface area contributed by atoms with Crippen LogP contribution in [-0.2, 0) is 0 Å². The molecule has 0 aliphatic heterocycles. The van der Waals surface area contributed by atoms with Crippen molar-refractivity contribution in [2.75, 3.05) is 0 Å². The van der Waals surface area contributed by atoms with Crippen LogP contribution in [0, 0.1) is 0 Å². The fourth-order valence-electron chi connectivity index (χ4n) is 1.12. The Kier molecular flexibility index (Phi) is 2.23. The van der Waals surface area contributed by atoms with Crippen molar-refractivity contribution in [3.63, 3.8) is 0 Å². The van der Waals surface area contributed by atoms with Crippen LogP contribution in [0.5, 0.6) is 0 Å². The summed E-state index contributed by atoms with van der Waals surface area (Å²) in [6.07, 6.45) is -3.37. The molecule has 0 fully saturated rings. The fourth-order valence-corrected chi connectivity index (χ4v) is 1.12. The lowest BCUT2D eigenvalue weighted by Gasteiger charge is -2.19. The highest BCUT2D eigenvalue weighted by Crippen LogP contribution is 2.32. The molecule has 0 aromatic rings. The maximum Gasteiger partial charge on any atom is 0.412 e. The lowest BCUT2D eigenvalue weighted by molar-refractivity contribution is -0.0986.